The van der Waals surface area contributed by atoms with Crippen LogP contribution in [0.25, 0.3) is 77.1 Å². The van der Waals surface area contributed by atoms with Gasteiger partial charge in [0.25, 0.3) is 0 Å². The highest BCUT2D eigenvalue weighted by atomic mass is 16.3. The molecule has 0 fully saturated rings. The third kappa shape index (κ3) is 4.66. The molecule has 8 rings (SSSR count). The monoisotopic (exact) mass is 605 g/mol. The molecule has 0 unspecified atom stereocenters. The maximum absolute atomic E-state index is 8.59. The molecular formula is C43H36N2O. The van der Waals surface area contributed by atoms with Crippen LogP contribution in [0.3, 0.4) is 0 Å². The second-order valence-electron chi connectivity index (χ2n) is 12.9. The molecule has 0 spiro atoms. The predicted molar refractivity (Wildman–Crippen MR) is 194 cm³/mol. The number of furan rings is 1. The zero-order valence-electron chi connectivity index (χ0n) is 34.7. The number of para-hydroxylation sites is 1. The summed E-state index contributed by atoms with van der Waals surface area (Å²) in [7, 11) is 0. The van der Waals surface area contributed by atoms with Crippen molar-refractivity contribution in [2.24, 2.45) is 0 Å². The number of aryl methyl sites for hydroxylation is 3. The molecule has 0 radical (unpaired) electrons. The first kappa shape index (κ1) is 20.0. The van der Waals surface area contributed by atoms with Crippen LogP contribution < -0.4 is 0 Å². The summed E-state index contributed by atoms with van der Waals surface area (Å²) in [4.78, 5) is 9.07. The van der Waals surface area contributed by atoms with Crippen molar-refractivity contribution in [3.63, 3.8) is 0 Å². The smallest absolute Gasteiger partial charge is 0.161 e. The minimum absolute atomic E-state index is 0.00557. The molecule has 0 aliphatic carbocycles. The second kappa shape index (κ2) is 10.4. The standard InChI is InChI=1S/C43H36N2O/c1-25-20-32-21-30(28-14-17-33(18-15-28)43(4,5)6)12-13-31(32)22-37(25)38-23-39(44-24-26(38)2)36-9-7-8-34-35-19-16-29-11-10-27(3)45-40(29)42(35)46-41(34)36/h7-24H,1-6H3/i1D3,2D3,3D3. The third-order valence-corrected chi connectivity index (χ3v) is 8.86. The quantitative estimate of drug-likeness (QED) is 0.201. The summed E-state index contributed by atoms with van der Waals surface area (Å²) in [6.07, 6.45) is 1.29. The molecule has 0 atom stereocenters. The largest absolute Gasteiger partial charge is 0.453 e. The van der Waals surface area contributed by atoms with Crippen molar-refractivity contribution in [1.29, 1.82) is 0 Å². The summed E-state index contributed by atoms with van der Waals surface area (Å²) in [6, 6.07) is 31.7. The maximum atomic E-state index is 8.59. The Kier molecular flexibility index (Phi) is 4.51. The van der Waals surface area contributed by atoms with Crippen molar-refractivity contribution < 1.29 is 16.8 Å². The van der Waals surface area contributed by atoms with Gasteiger partial charge in [0.15, 0.2) is 5.58 Å². The Labute approximate surface area is 282 Å². The van der Waals surface area contributed by atoms with Crippen molar-refractivity contribution in [2.45, 2.75) is 46.7 Å². The van der Waals surface area contributed by atoms with Crippen molar-refractivity contribution in [1.82, 2.24) is 9.97 Å². The lowest BCUT2D eigenvalue weighted by atomic mass is 9.86. The molecule has 3 heteroatoms. The molecule has 46 heavy (non-hydrogen) atoms. The first-order valence-electron chi connectivity index (χ1n) is 19.7. The zero-order chi connectivity index (χ0) is 39.2. The van der Waals surface area contributed by atoms with Crippen LogP contribution in [0.4, 0.5) is 0 Å². The van der Waals surface area contributed by atoms with Crippen LogP contribution in [0.15, 0.2) is 114 Å². The molecule has 0 aliphatic heterocycles. The highest BCUT2D eigenvalue weighted by molar-refractivity contribution is 6.16. The lowest BCUT2D eigenvalue weighted by Gasteiger charge is -2.19. The van der Waals surface area contributed by atoms with Gasteiger partial charge in [0.2, 0.25) is 0 Å². The number of aromatic nitrogens is 2. The van der Waals surface area contributed by atoms with E-state index in [1.807, 2.05) is 42.5 Å². The molecule has 0 amide bonds. The fourth-order valence-electron chi connectivity index (χ4n) is 6.33. The number of rotatable bonds is 3. The average Bonchev–Trinajstić information content (AvgIpc) is 3.52. The SMILES string of the molecule is [2H]C([2H])([2H])c1ccc2ccc3c4cccc(-c5cc(-c6cc7ccc(-c8ccc(C(C)(C)C)cc8)cc7cc6C([2H])([2H])[2H])c(C([2H])([2H])[2H])cn5)c4oc3c2n1. The number of pyridine rings is 2. The molecule has 0 saturated carbocycles. The van der Waals surface area contributed by atoms with Crippen LogP contribution in [0.1, 0.15) is 55.5 Å². The molecule has 0 bridgehead atoms. The summed E-state index contributed by atoms with van der Waals surface area (Å²) in [5.74, 6) is 0. The van der Waals surface area contributed by atoms with Crippen molar-refractivity contribution in [2.75, 3.05) is 0 Å². The van der Waals surface area contributed by atoms with Crippen LogP contribution in [0, 0.1) is 20.6 Å². The molecule has 3 heterocycles. The van der Waals surface area contributed by atoms with E-state index in [9.17, 15) is 0 Å². The topological polar surface area (TPSA) is 38.9 Å². The first-order chi connectivity index (χ1) is 25.8. The maximum Gasteiger partial charge on any atom is 0.161 e. The van der Waals surface area contributed by atoms with Gasteiger partial charge in [-0.2, -0.15) is 0 Å². The zero-order valence-corrected chi connectivity index (χ0v) is 25.7. The fraction of sp³-hybridized carbons (Fsp3) is 0.163. The number of benzene rings is 5. The fourth-order valence-corrected chi connectivity index (χ4v) is 6.33. The molecule has 5 aromatic carbocycles. The summed E-state index contributed by atoms with van der Waals surface area (Å²) in [6.45, 7) is -1.11. The Hall–Kier alpha value is -5.28. The van der Waals surface area contributed by atoms with Gasteiger partial charge in [-0.3, -0.25) is 4.98 Å². The van der Waals surface area contributed by atoms with E-state index in [0.717, 1.165) is 27.3 Å². The van der Waals surface area contributed by atoms with E-state index in [0.29, 0.717) is 38.7 Å². The third-order valence-electron chi connectivity index (χ3n) is 8.86. The van der Waals surface area contributed by atoms with Gasteiger partial charge in [-0.25, -0.2) is 4.98 Å². The number of nitrogens with zero attached hydrogens (tertiary/aromatic N) is 2. The minimum atomic E-state index is -2.61. The Morgan fingerprint density at radius 3 is 2.17 bits per heavy atom. The van der Waals surface area contributed by atoms with E-state index in [4.69, 9.17) is 16.8 Å². The predicted octanol–water partition coefficient (Wildman–Crippen LogP) is 11.9. The molecule has 0 saturated heterocycles. The molecule has 0 N–H and O–H groups in total. The normalized spacial score (nSPS) is 15.8. The Balaban J connectivity index is 1.31. The van der Waals surface area contributed by atoms with Crippen molar-refractivity contribution >= 4 is 43.6 Å². The van der Waals surface area contributed by atoms with Gasteiger partial charge in [-0.15, -0.1) is 0 Å². The lowest BCUT2D eigenvalue weighted by Crippen LogP contribution is -2.10. The molecule has 3 nitrogen and oxygen atoms in total. The Morgan fingerprint density at radius 2 is 1.37 bits per heavy atom. The van der Waals surface area contributed by atoms with Gasteiger partial charge in [0.05, 0.1) is 5.69 Å². The van der Waals surface area contributed by atoms with Crippen LogP contribution in [-0.2, 0) is 5.41 Å². The van der Waals surface area contributed by atoms with E-state index in [1.165, 1.54) is 17.8 Å². The average molecular weight is 606 g/mol. The van der Waals surface area contributed by atoms with E-state index < -0.39 is 20.6 Å². The second-order valence-corrected chi connectivity index (χ2v) is 12.9. The van der Waals surface area contributed by atoms with Gasteiger partial charge < -0.3 is 4.42 Å². The molecule has 0 aliphatic rings. The molecule has 8 aromatic rings. The molecular weight excluding hydrogens is 560 g/mol. The van der Waals surface area contributed by atoms with Gasteiger partial charge in [0, 0.05) is 45.9 Å². The van der Waals surface area contributed by atoms with Gasteiger partial charge in [0.1, 0.15) is 11.1 Å². The van der Waals surface area contributed by atoms with Crippen molar-refractivity contribution in [3.05, 3.63) is 132 Å². The van der Waals surface area contributed by atoms with E-state index in [2.05, 4.69) is 55.0 Å². The van der Waals surface area contributed by atoms with Gasteiger partial charge >= 0.3 is 0 Å². The Morgan fingerprint density at radius 1 is 0.609 bits per heavy atom. The minimum Gasteiger partial charge on any atom is -0.453 e. The Bertz CT molecular complexity index is 2810. The first-order valence-corrected chi connectivity index (χ1v) is 15.2. The number of hydrogen-bond donors (Lipinski definition) is 0. The summed E-state index contributed by atoms with van der Waals surface area (Å²) in [5, 5.41) is 3.64. The van der Waals surface area contributed by atoms with Crippen LogP contribution in [0.2, 0.25) is 0 Å². The van der Waals surface area contributed by atoms with Crippen LogP contribution in [-0.4, -0.2) is 9.97 Å². The summed E-state index contributed by atoms with van der Waals surface area (Å²) in [5.41, 5.74) is 5.72. The van der Waals surface area contributed by atoms with E-state index in [1.54, 1.807) is 30.3 Å². The van der Waals surface area contributed by atoms with E-state index >= 15 is 0 Å². The number of fused-ring (bicyclic) bond motifs is 6. The van der Waals surface area contributed by atoms with Crippen molar-refractivity contribution in [3.8, 4) is 33.5 Å². The highest BCUT2D eigenvalue weighted by Gasteiger charge is 2.18. The highest BCUT2D eigenvalue weighted by Crippen LogP contribution is 2.40. The summed E-state index contributed by atoms with van der Waals surface area (Å²) >= 11 is 0. The van der Waals surface area contributed by atoms with Crippen LogP contribution in [0.5, 0.6) is 0 Å². The lowest BCUT2D eigenvalue weighted by molar-refractivity contribution is 0.590. The number of hydrogen-bond acceptors (Lipinski definition) is 3. The molecule has 3 aromatic heterocycles. The van der Waals surface area contributed by atoms with Gasteiger partial charge in [-0.1, -0.05) is 87.5 Å². The molecule has 224 valence electrons. The van der Waals surface area contributed by atoms with Crippen LogP contribution >= 0.6 is 0 Å². The summed E-state index contributed by atoms with van der Waals surface area (Å²) < 4.78 is 81.2. The van der Waals surface area contributed by atoms with E-state index in [-0.39, 0.29) is 33.4 Å². The van der Waals surface area contributed by atoms with Gasteiger partial charge in [-0.05, 0) is 112 Å².